The van der Waals surface area contributed by atoms with E-state index >= 15 is 0 Å². The number of rotatable bonds is 19. The number of nitrogens with one attached hydrogen (secondary N) is 6. The zero-order chi connectivity index (χ0) is 94.4. The summed E-state index contributed by atoms with van der Waals surface area (Å²) >= 11 is 41.4. The Balaban J connectivity index is 0.000000209. The van der Waals surface area contributed by atoms with Crippen molar-refractivity contribution in [3.8, 4) is 0 Å². The third-order valence-corrected chi connectivity index (χ3v) is 32.7. The summed E-state index contributed by atoms with van der Waals surface area (Å²) in [6.45, 7) is 5.40. The fourth-order valence-corrected chi connectivity index (χ4v) is 21.0. The molecule has 0 aromatic heterocycles. The average molecular weight is 2140 g/mol. The topological polar surface area (TPSA) is 399 Å². The lowest BCUT2D eigenvalue weighted by molar-refractivity contribution is -0.121. The van der Waals surface area contributed by atoms with Gasteiger partial charge in [0, 0.05) is 128 Å². The van der Waals surface area contributed by atoms with E-state index in [9.17, 15) is 96.8 Å². The van der Waals surface area contributed by atoms with Gasteiger partial charge < -0.3 is 31.9 Å². The van der Waals surface area contributed by atoms with Crippen LogP contribution in [0.3, 0.4) is 0 Å². The molecular weight excluding hydrogens is 2050 g/mol. The lowest BCUT2D eigenvalue weighted by Gasteiger charge is -2.30. The van der Waals surface area contributed by atoms with Gasteiger partial charge in [-0.05, 0) is 219 Å². The fraction of sp³-hybridized carbons (Fsp3) is 0.468. The van der Waals surface area contributed by atoms with Gasteiger partial charge in [-0.25, -0.2) is 93.9 Å². The van der Waals surface area contributed by atoms with Gasteiger partial charge in [0.25, 0.3) is 0 Å². The zero-order valence-electron chi connectivity index (χ0n) is 69.6. The van der Waals surface area contributed by atoms with Crippen LogP contribution < -0.4 is 31.9 Å². The Morgan fingerprint density at radius 1 is 0.299 bits per heavy atom. The Kier molecular flexibility index (Phi) is 41.4. The number of anilines is 6. The van der Waals surface area contributed by atoms with Gasteiger partial charge in [0.2, 0.25) is 95.6 Å². The first kappa shape index (κ1) is 108. The maximum atomic E-state index is 13.4. The Labute approximate surface area is 785 Å². The molecule has 0 radical (unpaired) electrons. The molecule has 0 spiro atoms. The van der Waals surface area contributed by atoms with Crippen molar-refractivity contribution < 1.29 is 96.8 Å². The van der Waals surface area contributed by atoms with E-state index in [0.717, 1.165) is 41.4 Å². The SMILES string of the molecule is CCS(=O)(=O)N1CCC[C@H](C(=O)Nc2ccc(Cl)c(F)c2)C1.CS(=O)(=O)N1CCC[C@H](C(=O)Nc2ccc(Br)c(Cl)c2)C1.CS(=O)(=O)N1CCC[C@H](C(=O)Nc2ccc(Cl)c(Br)c2)C1.CS(=O)(=O)N1CCC[C@H](C(=O)Nc2ccc(Cl)c(Cl)c2)C1.CS(=O)(=O)N1CCC[C@H](C(=O)Nc2ccc(F)c(Cl)c2)C1.CS(=O)(=O)N1CCC[C@H](C(=O)Nc2ccc(F)c(F)c2)C1. The highest BCUT2D eigenvalue weighted by Crippen LogP contribution is 2.33. The van der Waals surface area contributed by atoms with E-state index in [2.05, 4.69) is 63.8 Å². The highest BCUT2D eigenvalue weighted by molar-refractivity contribution is 9.11. The number of piperidine rings is 6. The van der Waals surface area contributed by atoms with Crippen LogP contribution in [0, 0.1) is 58.8 Å². The molecule has 30 nitrogen and oxygen atoms in total. The summed E-state index contributed by atoms with van der Waals surface area (Å²) in [4.78, 5) is 73.2. The monoisotopic (exact) mass is 2140 g/mol. The number of carbonyl (C=O) groups is 6. The van der Waals surface area contributed by atoms with E-state index in [4.69, 9.17) is 69.6 Å². The molecule has 0 unspecified atom stereocenters. The van der Waals surface area contributed by atoms with Crippen LogP contribution in [0.2, 0.25) is 30.1 Å². The number of hydrogen-bond donors (Lipinski definition) is 6. The molecule has 48 heteroatoms. The van der Waals surface area contributed by atoms with E-state index in [1.807, 2.05) is 0 Å². The standard InChI is InChI=1S/C14H18ClFN2O3S.2C13H16BrClN2O3S.C13H16Cl2N2O3S.C13H16ClFN2O3S.C13H16F2N2O3S/c1-2-22(20,21)18-7-3-4-10(9-18)14(19)17-11-5-6-12(15)13(16)8-11;1-21(19,20)17-6-2-3-9(8-17)13(18)16-10-4-5-12(15)11(14)7-10;2*1-21(19,20)17-6-2-3-9(8-17)13(18)16-10-4-5-11(14)12(15)7-10;1-21(19,20)17-6-2-3-9(8-17)13(18)16-10-4-5-12(15)11(14)7-10;1-21(19,20)17-6-2-3-9(8-17)13(18)16-10-4-5-11(14)12(15)7-10/h5-6,8,10H,2-4,7,9H2,1H3,(H,17,19);5*4-5,7,9H,2-3,6,8H2,1H3,(H,16,18)/t10-;5*9-/m000000/s1. The molecule has 6 fully saturated rings. The first-order valence-corrected chi connectivity index (χ1v) is 54.2. The molecule has 6 amide bonds. The number of amides is 6. The maximum Gasteiger partial charge on any atom is 0.228 e. The molecule has 6 heterocycles. The van der Waals surface area contributed by atoms with E-state index < -0.39 is 107 Å². The van der Waals surface area contributed by atoms with E-state index in [1.54, 1.807) is 61.5 Å². The van der Waals surface area contributed by atoms with Crippen LogP contribution in [0.5, 0.6) is 0 Å². The lowest BCUT2D eigenvalue weighted by Crippen LogP contribution is -2.44. The minimum absolute atomic E-state index is 0.0176. The van der Waals surface area contributed by atoms with E-state index in [0.29, 0.717) is 169 Å². The predicted molar refractivity (Wildman–Crippen MR) is 495 cm³/mol. The molecule has 6 saturated heterocycles. The van der Waals surface area contributed by atoms with Crippen LogP contribution in [0.25, 0.3) is 0 Å². The number of carbonyl (C=O) groups excluding carboxylic acids is 6. The second-order valence-electron chi connectivity index (χ2n) is 30.6. The highest BCUT2D eigenvalue weighted by atomic mass is 79.9. The van der Waals surface area contributed by atoms with Crippen molar-refractivity contribution in [2.75, 3.05) is 147 Å². The fourth-order valence-electron chi connectivity index (χ4n) is 13.8. The van der Waals surface area contributed by atoms with Crippen molar-refractivity contribution in [2.24, 2.45) is 35.5 Å². The highest BCUT2D eigenvalue weighted by Gasteiger charge is 2.37. The summed E-state index contributed by atoms with van der Waals surface area (Å²) in [6.07, 6.45) is 13.5. The minimum atomic E-state index is -3.33. The van der Waals surface area contributed by atoms with Crippen molar-refractivity contribution in [2.45, 2.75) is 84.0 Å². The molecule has 6 aromatic rings. The molecule has 0 aliphatic carbocycles. The predicted octanol–water partition coefficient (Wildman–Crippen LogP) is 14.2. The van der Waals surface area contributed by atoms with Crippen LogP contribution in [0.1, 0.15) is 84.0 Å². The first-order chi connectivity index (χ1) is 59.2. The molecule has 0 bridgehead atoms. The number of halogens is 12. The summed E-state index contributed by atoms with van der Waals surface area (Å²) < 4.78 is 201. The van der Waals surface area contributed by atoms with Crippen molar-refractivity contribution in [3.63, 3.8) is 0 Å². The summed E-state index contributed by atoms with van der Waals surface area (Å²) in [7, 11) is -19.7. The van der Waals surface area contributed by atoms with Crippen LogP contribution in [0.15, 0.2) is 118 Å². The van der Waals surface area contributed by atoms with Gasteiger partial charge in [-0.15, -0.1) is 0 Å². The number of sulfonamides is 6. The molecule has 6 atom stereocenters. The molecule has 0 saturated carbocycles. The third-order valence-electron chi connectivity index (χ3n) is 20.8. The molecule has 6 N–H and O–H groups in total. The minimum Gasteiger partial charge on any atom is -0.326 e. The summed E-state index contributed by atoms with van der Waals surface area (Å²) in [5, 5.41) is 17.8. The summed E-state index contributed by atoms with van der Waals surface area (Å²) in [5.74, 6) is -7.12. The van der Waals surface area contributed by atoms with Gasteiger partial charge in [-0.3, -0.25) is 28.8 Å². The molecule has 12 rings (SSSR count). The Morgan fingerprint density at radius 2 is 0.551 bits per heavy atom. The normalized spacial score (nSPS) is 20.2. The number of hydrogen-bond acceptors (Lipinski definition) is 18. The smallest absolute Gasteiger partial charge is 0.228 e. The summed E-state index contributed by atoms with van der Waals surface area (Å²) in [5.41, 5.74) is 2.63. The molecular formula is C79H98Br2Cl6F4N12O18S6. The zero-order valence-corrected chi connectivity index (χ0v) is 82.2. The molecule has 6 aliphatic heterocycles. The van der Waals surface area contributed by atoms with Gasteiger partial charge in [-0.1, -0.05) is 69.6 Å². The first-order valence-electron chi connectivity index (χ1n) is 39.5. The van der Waals surface area contributed by atoms with E-state index in [1.165, 1.54) is 74.7 Å². The van der Waals surface area contributed by atoms with Crippen molar-refractivity contribution in [1.82, 2.24) is 25.8 Å². The third kappa shape index (κ3) is 34.8. The Bertz CT molecular complexity index is 5030. The summed E-state index contributed by atoms with van der Waals surface area (Å²) in [6, 6.07) is 26.1. The van der Waals surface area contributed by atoms with Gasteiger partial charge in [0.15, 0.2) is 11.6 Å². The molecule has 6 aliphatic rings. The maximum absolute atomic E-state index is 13.4. The van der Waals surface area contributed by atoms with Crippen LogP contribution >= 0.6 is 101 Å². The van der Waals surface area contributed by atoms with Crippen molar-refractivity contribution in [3.05, 3.63) is 172 Å². The van der Waals surface area contributed by atoms with Crippen LogP contribution in [-0.2, 0) is 88.9 Å². The van der Waals surface area contributed by atoms with Crippen molar-refractivity contribution in [1.29, 1.82) is 0 Å². The second kappa shape index (κ2) is 48.6. The van der Waals surface area contributed by atoms with Gasteiger partial charge in [0.1, 0.15) is 11.6 Å². The number of benzene rings is 6. The Hall–Kier alpha value is -5.98. The van der Waals surface area contributed by atoms with Gasteiger partial charge >= 0.3 is 0 Å². The average Bonchev–Trinajstić information content (AvgIpc) is 0.845. The van der Waals surface area contributed by atoms with Crippen LogP contribution in [-0.4, -0.2) is 227 Å². The van der Waals surface area contributed by atoms with Crippen LogP contribution in [0.4, 0.5) is 51.7 Å². The largest absolute Gasteiger partial charge is 0.326 e. The van der Waals surface area contributed by atoms with Gasteiger partial charge in [-0.2, -0.15) is 0 Å². The van der Waals surface area contributed by atoms with E-state index in [-0.39, 0.29) is 108 Å². The molecule has 127 heavy (non-hydrogen) atoms. The quantitative estimate of drug-likeness (QED) is 0.0410. The Morgan fingerprint density at radius 3 is 0.835 bits per heavy atom. The molecule has 702 valence electrons. The van der Waals surface area contributed by atoms with Crippen molar-refractivity contribution >= 4 is 231 Å². The number of nitrogens with zero attached hydrogens (tertiary/aromatic N) is 6. The molecule has 6 aromatic carbocycles. The van der Waals surface area contributed by atoms with Gasteiger partial charge in [0.05, 0.1) is 103 Å². The second-order valence-corrected chi connectivity index (χ2v) is 46.9. The lowest BCUT2D eigenvalue weighted by atomic mass is 9.98.